The first-order valence-corrected chi connectivity index (χ1v) is 8.20. The summed E-state index contributed by atoms with van der Waals surface area (Å²) in [6.07, 6.45) is 0. The second-order valence-electron chi connectivity index (χ2n) is 5.40. The molecule has 21 heavy (non-hydrogen) atoms. The maximum Gasteiger partial charge on any atom is 0.234 e. The number of benzene rings is 2. The molecule has 1 amide bonds. The maximum absolute atomic E-state index is 11.9. The number of anilines is 1. The average molecular weight is 299 g/mol. The van der Waals surface area contributed by atoms with Gasteiger partial charge in [-0.05, 0) is 38.5 Å². The Morgan fingerprint density at radius 3 is 2.19 bits per heavy atom. The van der Waals surface area contributed by atoms with Crippen LogP contribution in [0.25, 0.3) is 0 Å². The standard InChI is InChI=1S/C18H21NOS/c1-13-4-6-17(7-5-13)19-18(20)12-21-11-16-9-14(2)8-15(3)10-16/h4-10H,11-12H2,1-3H3,(H,19,20). The summed E-state index contributed by atoms with van der Waals surface area (Å²) in [5.41, 5.74) is 5.87. The summed E-state index contributed by atoms with van der Waals surface area (Å²) in [4.78, 5) is 11.9. The van der Waals surface area contributed by atoms with Crippen molar-refractivity contribution in [2.75, 3.05) is 11.1 Å². The van der Waals surface area contributed by atoms with Gasteiger partial charge in [-0.25, -0.2) is 0 Å². The summed E-state index contributed by atoms with van der Waals surface area (Å²) in [6.45, 7) is 6.24. The summed E-state index contributed by atoms with van der Waals surface area (Å²) < 4.78 is 0. The second-order valence-corrected chi connectivity index (χ2v) is 6.39. The summed E-state index contributed by atoms with van der Waals surface area (Å²) in [7, 11) is 0. The molecular weight excluding hydrogens is 278 g/mol. The molecule has 0 aliphatic rings. The Kier molecular flexibility index (Phi) is 5.45. The first-order valence-electron chi connectivity index (χ1n) is 7.04. The van der Waals surface area contributed by atoms with E-state index in [1.807, 2.05) is 31.2 Å². The molecule has 2 nitrogen and oxygen atoms in total. The van der Waals surface area contributed by atoms with Crippen LogP contribution in [0, 0.1) is 20.8 Å². The Hall–Kier alpha value is -1.74. The van der Waals surface area contributed by atoms with E-state index in [1.54, 1.807) is 11.8 Å². The molecule has 2 rings (SSSR count). The van der Waals surface area contributed by atoms with Crippen molar-refractivity contribution in [2.24, 2.45) is 0 Å². The van der Waals surface area contributed by atoms with Crippen LogP contribution in [0.3, 0.4) is 0 Å². The number of hydrogen-bond donors (Lipinski definition) is 1. The van der Waals surface area contributed by atoms with Crippen molar-refractivity contribution in [1.29, 1.82) is 0 Å². The largest absolute Gasteiger partial charge is 0.325 e. The van der Waals surface area contributed by atoms with Crippen LogP contribution in [0.1, 0.15) is 22.3 Å². The monoisotopic (exact) mass is 299 g/mol. The van der Waals surface area contributed by atoms with E-state index in [1.165, 1.54) is 22.3 Å². The van der Waals surface area contributed by atoms with Crippen molar-refractivity contribution >= 4 is 23.4 Å². The van der Waals surface area contributed by atoms with Gasteiger partial charge in [-0.3, -0.25) is 4.79 Å². The Morgan fingerprint density at radius 1 is 0.952 bits per heavy atom. The van der Waals surface area contributed by atoms with Crippen LogP contribution in [-0.2, 0) is 10.5 Å². The zero-order valence-corrected chi connectivity index (χ0v) is 13.6. The van der Waals surface area contributed by atoms with Crippen LogP contribution in [0.4, 0.5) is 5.69 Å². The topological polar surface area (TPSA) is 29.1 Å². The fraction of sp³-hybridized carbons (Fsp3) is 0.278. The molecule has 110 valence electrons. The summed E-state index contributed by atoms with van der Waals surface area (Å²) in [5.74, 6) is 1.39. The number of thioether (sulfide) groups is 1. The molecule has 0 unspecified atom stereocenters. The van der Waals surface area contributed by atoms with E-state index in [9.17, 15) is 4.79 Å². The molecule has 0 aromatic heterocycles. The predicted molar refractivity (Wildman–Crippen MR) is 91.9 cm³/mol. The zero-order valence-electron chi connectivity index (χ0n) is 12.8. The van der Waals surface area contributed by atoms with E-state index in [0.717, 1.165) is 11.4 Å². The molecule has 0 saturated heterocycles. The molecule has 0 atom stereocenters. The lowest BCUT2D eigenvalue weighted by Crippen LogP contribution is -2.14. The second kappa shape index (κ2) is 7.32. The van der Waals surface area contributed by atoms with Gasteiger partial charge in [0.2, 0.25) is 5.91 Å². The molecule has 2 aromatic rings. The van der Waals surface area contributed by atoms with Crippen molar-refractivity contribution < 1.29 is 4.79 Å². The van der Waals surface area contributed by atoms with E-state index in [2.05, 4.69) is 37.4 Å². The molecule has 1 N–H and O–H groups in total. The summed E-state index contributed by atoms with van der Waals surface area (Å²) >= 11 is 1.64. The average Bonchev–Trinajstić information content (AvgIpc) is 2.40. The summed E-state index contributed by atoms with van der Waals surface area (Å²) in [6, 6.07) is 14.4. The fourth-order valence-corrected chi connectivity index (χ4v) is 3.01. The van der Waals surface area contributed by atoms with Crippen molar-refractivity contribution in [3.63, 3.8) is 0 Å². The minimum atomic E-state index is 0.0493. The highest BCUT2D eigenvalue weighted by atomic mass is 32.2. The number of nitrogens with one attached hydrogen (secondary N) is 1. The zero-order chi connectivity index (χ0) is 15.2. The van der Waals surface area contributed by atoms with Crippen LogP contribution in [0.2, 0.25) is 0 Å². The smallest absolute Gasteiger partial charge is 0.234 e. The molecule has 0 radical (unpaired) electrons. The minimum absolute atomic E-state index is 0.0493. The Balaban J connectivity index is 1.80. The van der Waals surface area contributed by atoms with Crippen molar-refractivity contribution in [3.05, 3.63) is 64.7 Å². The van der Waals surface area contributed by atoms with Crippen molar-refractivity contribution in [2.45, 2.75) is 26.5 Å². The number of amides is 1. The lowest BCUT2D eigenvalue weighted by Gasteiger charge is -2.07. The predicted octanol–water partition coefficient (Wildman–Crippen LogP) is 4.48. The molecule has 0 aliphatic heterocycles. The van der Waals surface area contributed by atoms with E-state index >= 15 is 0 Å². The quantitative estimate of drug-likeness (QED) is 0.881. The number of carbonyl (C=O) groups is 1. The molecule has 0 fully saturated rings. The lowest BCUT2D eigenvalue weighted by molar-refractivity contribution is -0.113. The van der Waals surface area contributed by atoms with E-state index in [4.69, 9.17) is 0 Å². The lowest BCUT2D eigenvalue weighted by atomic mass is 10.1. The highest BCUT2D eigenvalue weighted by molar-refractivity contribution is 7.99. The van der Waals surface area contributed by atoms with E-state index in [0.29, 0.717) is 5.75 Å². The number of carbonyl (C=O) groups excluding carboxylic acids is 1. The van der Waals surface area contributed by atoms with E-state index < -0.39 is 0 Å². The minimum Gasteiger partial charge on any atom is -0.325 e. The molecule has 3 heteroatoms. The van der Waals surface area contributed by atoms with Gasteiger partial charge in [-0.1, -0.05) is 47.0 Å². The third-order valence-electron chi connectivity index (χ3n) is 3.12. The number of aryl methyl sites for hydroxylation is 3. The fourth-order valence-electron chi connectivity index (χ4n) is 2.25. The van der Waals surface area contributed by atoms with Crippen molar-refractivity contribution in [1.82, 2.24) is 0 Å². The Labute approximate surface area is 131 Å². The third kappa shape index (κ3) is 5.27. The maximum atomic E-state index is 11.9. The van der Waals surface area contributed by atoms with Gasteiger partial charge in [0.05, 0.1) is 5.75 Å². The molecule has 2 aromatic carbocycles. The first kappa shape index (κ1) is 15.6. The third-order valence-corrected chi connectivity index (χ3v) is 4.12. The highest BCUT2D eigenvalue weighted by Gasteiger charge is 2.03. The van der Waals surface area contributed by atoms with Gasteiger partial charge >= 0.3 is 0 Å². The van der Waals surface area contributed by atoms with Gasteiger partial charge < -0.3 is 5.32 Å². The van der Waals surface area contributed by atoms with Crippen LogP contribution >= 0.6 is 11.8 Å². The van der Waals surface area contributed by atoms with Gasteiger partial charge in [-0.2, -0.15) is 0 Å². The SMILES string of the molecule is Cc1ccc(NC(=O)CSCc2cc(C)cc(C)c2)cc1. The van der Waals surface area contributed by atoms with Gasteiger partial charge in [0, 0.05) is 11.4 Å². The summed E-state index contributed by atoms with van der Waals surface area (Å²) in [5, 5.41) is 2.92. The van der Waals surface area contributed by atoms with Crippen LogP contribution < -0.4 is 5.32 Å². The highest BCUT2D eigenvalue weighted by Crippen LogP contribution is 2.16. The molecule has 0 saturated carbocycles. The normalized spacial score (nSPS) is 10.4. The molecular formula is C18H21NOS. The van der Waals surface area contributed by atoms with E-state index in [-0.39, 0.29) is 5.91 Å². The van der Waals surface area contributed by atoms with Crippen LogP contribution in [-0.4, -0.2) is 11.7 Å². The van der Waals surface area contributed by atoms with Crippen molar-refractivity contribution in [3.8, 4) is 0 Å². The first-order chi connectivity index (χ1) is 10.0. The van der Waals surface area contributed by atoms with Gasteiger partial charge in [0.15, 0.2) is 0 Å². The van der Waals surface area contributed by atoms with Crippen LogP contribution in [0.15, 0.2) is 42.5 Å². The Morgan fingerprint density at radius 2 is 1.57 bits per heavy atom. The molecule has 0 heterocycles. The number of rotatable bonds is 5. The molecule has 0 aliphatic carbocycles. The van der Waals surface area contributed by atoms with Gasteiger partial charge in [0.1, 0.15) is 0 Å². The van der Waals surface area contributed by atoms with Gasteiger partial charge in [-0.15, -0.1) is 11.8 Å². The van der Waals surface area contributed by atoms with Gasteiger partial charge in [0.25, 0.3) is 0 Å². The molecule has 0 spiro atoms. The Bertz CT molecular complexity index is 599. The number of hydrogen-bond acceptors (Lipinski definition) is 2. The molecule has 0 bridgehead atoms. The van der Waals surface area contributed by atoms with Crippen LogP contribution in [0.5, 0.6) is 0 Å².